The summed E-state index contributed by atoms with van der Waals surface area (Å²) in [7, 11) is 1.82. The van der Waals surface area contributed by atoms with E-state index in [4.69, 9.17) is 11.6 Å². The molecule has 1 aliphatic rings. The number of aryl methyl sites for hydroxylation is 2. The highest BCUT2D eigenvalue weighted by Crippen LogP contribution is 2.33. The molecule has 1 aliphatic heterocycles. The van der Waals surface area contributed by atoms with Crippen molar-refractivity contribution in [1.82, 2.24) is 19.8 Å². The number of carbonyl (C=O) groups excluding carboxylic acids is 3. The number of benzene rings is 2. The smallest absolute Gasteiger partial charge is 0.249 e. The molecule has 0 saturated carbocycles. The Bertz CT molecular complexity index is 1260. The first-order valence-corrected chi connectivity index (χ1v) is 10.8. The van der Waals surface area contributed by atoms with Gasteiger partial charge in [-0.2, -0.15) is 0 Å². The second kappa shape index (κ2) is 9.15. The normalized spacial score (nSPS) is 15.9. The van der Waals surface area contributed by atoms with Gasteiger partial charge in [-0.25, -0.2) is 9.37 Å². The van der Waals surface area contributed by atoms with Gasteiger partial charge in [-0.05, 0) is 42.7 Å². The molecule has 1 atom stereocenters. The fourth-order valence-corrected chi connectivity index (χ4v) is 4.15. The van der Waals surface area contributed by atoms with Gasteiger partial charge in [0.25, 0.3) is 0 Å². The molecule has 0 bridgehead atoms. The molecular weight excluding hydrogens is 447 g/mol. The van der Waals surface area contributed by atoms with Crippen molar-refractivity contribution >= 4 is 29.8 Å². The monoisotopic (exact) mass is 468 g/mol. The number of imide groups is 1. The molecule has 4 rings (SSSR count). The molecule has 1 unspecified atom stereocenters. The van der Waals surface area contributed by atoms with Crippen molar-refractivity contribution in [1.29, 1.82) is 0 Å². The van der Waals surface area contributed by atoms with E-state index in [2.05, 4.69) is 10.3 Å². The molecule has 0 spiro atoms. The van der Waals surface area contributed by atoms with Crippen LogP contribution in [0.5, 0.6) is 0 Å². The lowest BCUT2D eigenvalue weighted by Crippen LogP contribution is -2.51. The van der Waals surface area contributed by atoms with E-state index in [1.807, 2.05) is 32.2 Å². The van der Waals surface area contributed by atoms with Gasteiger partial charge in [0.1, 0.15) is 11.9 Å². The summed E-state index contributed by atoms with van der Waals surface area (Å²) in [5.41, 5.74) is 4.57. The number of hydrogen-bond donors (Lipinski definition) is 1. The standard InChI is InChI=1S/C24H22ClFN4O3/c1-14-3-4-15(9-17(14)11-30(13-31)20-7-8-21(32)28-24(20)33)22-23(29(2)12-27-22)16-5-6-18(25)19(26)10-16/h3-6,9-10,12-13,20H,7-8,11H2,1-2H3,(H,28,32,33). The molecule has 3 aromatic rings. The van der Waals surface area contributed by atoms with Crippen LogP contribution in [0.2, 0.25) is 5.02 Å². The van der Waals surface area contributed by atoms with Crippen LogP contribution in [-0.2, 0) is 28.0 Å². The van der Waals surface area contributed by atoms with Crippen molar-refractivity contribution in [2.75, 3.05) is 0 Å². The lowest BCUT2D eigenvalue weighted by atomic mass is 9.98. The molecule has 9 heteroatoms. The molecule has 2 heterocycles. The summed E-state index contributed by atoms with van der Waals surface area (Å²) >= 11 is 5.84. The van der Waals surface area contributed by atoms with Crippen molar-refractivity contribution in [2.24, 2.45) is 7.05 Å². The third-order valence-corrected chi connectivity index (χ3v) is 6.16. The van der Waals surface area contributed by atoms with Crippen molar-refractivity contribution in [2.45, 2.75) is 32.4 Å². The third-order valence-electron chi connectivity index (χ3n) is 5.85. The minimum absolute atomic E-state index is 0.0440. The number of carbonyl (C=O) groups is 3. The first-order valence-electron chi connectivity index (χ1n) is 10.4. The Kier molecular flexibility index (Phi) is 6.29. The van der Waals surface area contributed by atoms with Crippen LogP contribution in [0.25, 0.3) is 22.5 Å². The van der Waals surface area contributed by atoms with E-state index in [-0.39, 0.29) is 30.3 Å². The second-order valence-corrected chi connectivity index (χ2v) is 8.47. The third kappa shape index (κ3) is 4.52. The van der Waals surface area contributed by atoms with E-state index in [0.717, 1.165) is 22.4 Å². The molecule has 2 aromatic carbocycles. The van der Waals surface area contributed by atoms with Crippen molar-refractivity contribution < 1.29 is 18.8 Å². The summed E-state index contributed by atoms with van der Waals surface area (Å²) in [6.07, 6.45) is 2.76. The number of halogens is 2. The summed E-state index contributed by atoms with van der Waals surface area (Å²) in [5, 5.41) is 2.33. The highest BCUT2D eigenvalue weighted by molar-refractivity contribution is 6.30. The molecule has 1 N–H and O–H groups in total. The topological polar surface area (TPSA) is 84.3 Å². The van der Waals surface area contributed by atoms with Gasteiger partial charge in [-0.3, -0.25) is 19.7 Å². The molecule has 0 aliphatic carbocycles. The summed E-state index contributed by atoms with van der Waals surface area (Å²) < 4.78 is 15.9. The predicted molar refractivity (Wildman–Crippen MR) is 122 cm³/mol. The van der Waals surface area contributed by atoms with Gasteiger partial charge in [-0.1, -0.05) is 29.8 Å². The van der Waals surface area contributed by atoms with Crippen LogP contribution >= 0.6 is 11.6 Å². The van der Waals surface area contributed by atoms with Crippen LogP contribution in [0, 0.1) is 12.7 Å². The quantitative estimate of drug-likeness (QED) is 0.442. The zero-order chi connectivity index (χ0) is 23.7. The summed E-state index contributed by atoms with van der Waals surface area (Å²) in [4.78, 5) is 41.4. The predicted octanol–water partition coefficient (Wildman–Crippen LogP) is 3.62. The number of rotatable bonds is 6. The van der Waals surface area contributed by atoms with E-state index in [1.165, 1.54) is 17.0 Å². The van der Waals surface area contributed by atoms with Crippen LogP contribution in [0.4, 0.5) is 4.39 Å². The number of nitrogens with zero attached hydrogens (tertiary/aromatic N) is 3. The van der Waals surface area contributed by atoms with E-state index in [1.54, 1.807) is 17.0 Å². The Morgan fingerprint density at radius 3 is 2.70 bits per heavy atom. The molecule has 7 nitrogen and oxygen atoms in total. The Labute approximate surface area is 195 Å². The maximum absolute atomic E-state index is 14.1. The van der Waals surface area contributed by atoms with Gasteiger partial charge in [0.05, 0.1) is 22.7 Å². The van der Waals surface area contributed by atoms with Crippen molar-refractivity contribution in [3.63, 3.8) is 0 Å². The number of hydrogen-bond acceptors (Lipinski definition) is 4. The second-order valence-electron chi connectivity index (χ2n) is 8.07. The highest BCUT2D eigenvalue weighted by atomic mass is 35.5. The number of piperidine rings is 1. The Morgan fingerprint density at radius 2 is 2.00 bits per heavy atom. The van der Waals surface area contributed by atoms with Crippen LogP contribution < -0.4 is 5.32 Å². The summed E-state index contributed by atoms with van der Waals surface area (Å²) in [6.45, 7) is 2.12. The van der Waals surface area contributed by atoms with Gasteiger partial charge >= 0.3 is 0 Å². The van der Waals surface area contributed by atoms with Gasteiger partial charge in [0.2, 0.25) is 18.2 Å². The van der Waals surface area contributed by atoms with E-state index in [9.17, 15) is 18.8 Å². The minimum Gasteiger partial charge on any atom is -0.333 e. The maximum atomic E-state index is 14.1. The molecule has 1 aromatic heterocycles. The van der Waals surface area contributed by atoms with Gasteiger partial charge in [-0.15, -0.1) is 0 Å². The van der Waals surface area contributed by atoms with Crippen LogP contribution in [0.3, 0.4) is 0 Å². The van der Waals surface area contributed by atoms with Gasteiger partial charge in [0, 0.05) is 31.1 Å². The van der Waals surface area contributed by atoms with Gasteiger partial charge in [0.15, 0.2) is 0 Å². The zero-order valence-electron chi connectivity index (χ0n) is 18.1. The average Bonchev–Trinajstić information content (AvgIpc) is 3.17. The number of amides is 3. The Morgan fingerprint density at radius 1 is 1.24 bits per heavy atom. The zero-order valence-corrected chi connectivity index (χ0v) is 18.9. The molecule has 170 valence electrons. The largest absolute Gasteiger partial charge is 0.333 e. The summed E-state index contributed by atoms with van der Waals surface area (Å²) in [6, 6.07) is 9.65. The fourth-order valence-electron chi connectivity index (χ4n) is 4.03. The molecule has 0 radical (unpaired) electrons. The molecule has 3 amide bonds. The van der Waals surface area contributed by atoms with Crippen LogP contribution in [0.15, 0.2) is 42.7 Å². The number of aromatic nitrogens is 2. The first-order chi connectivity index (χ1) is 15.8. The van der Waals surface area contributed by atoms with Crippen LogP contribution in [0.1, 0.15) is 24.0 Å². The van der Waals surface area contributed by atoms with Crippen LogP contribution in [-0.4, -0.2) is 38.7 Å². The molecule has 33 heavy (non-hydrogen) atoms. The Hall–Kier alpha value is -3.52. The molecule has 1 fully saturated rings. The molecular formula is C24H22ClFN4O3. The lowest BCUT2D eigenvalue weighted by molar-refractivity contribution is -0.141. The van der Waals surface area contributed by atoms with E-state index >= 15 is 0 Å². The lowest BCUT2D eigenvalue weighted by Gasteiger charge is -2.30. The maximum Gasteiger partial charge on any atom is 0.249 e. The first kappa shape index (κ1) is 22.7. The van der Waals surface area contributed by atoms with E-state index in [0.29, 0.717) is 17.7 Å². The average molecular weight is 469 g/mol. The van der Waals surface area contributed by atoms with Gasteiger partial charge < -0.3 is 9.47 Å². The number of nitrogens with one attached hydrogen (secondary N) is 1. The molecule has 1 saturated heterocycles. The minimum atomic E-state index is -0.703. The Balaban J connectivity index is 1.68. The number of imidazole rings is 1. The highest BCUT2D eigenvalue weighted by Gasteiger charge is 2.31. The van der Waals surface area contributed by atoms with Crippen molar-refractivity contribution in [3.05, 3.63) is 64.7 Å². The fraction of sp³-hybridized carbons (Fsp3) is 0.250. The van der Waals surface area contributed by atoms with E-state index < -0.39 is 17.8 Å². The SMILES string of the molecule is Cc1ccc(-c2ncn(C)c2-c2ccc(Cl)c(F)c2)cc1CN(C=O)C1CCC(=O)NC1=O. The summed E-state index contributed by atoms with van der Waals surface area (Å²) in [5.74, 6) is -1.32. The van der Waals surface area contributed by atoms with Crippen molar-refractivity contribution in [3.8, 4) is 22.5 Å².